The third-order valence-corrected chi connectivity index (χ3v) is 3.51. The highest BCUT2D eigenvalue weighted by Gasteiger charge is 2.25. The van der Waals surface area contributed by atoms with E-state index in [0.29, 0.717) is 18.1 Å². The van der Waals surface area contributed by atoms with E-state index in [4.69, 9.17) is 22.1 Å². The predicted molar refractivity (Wildman–Crippen MR) is 77.9 cm³/mol. The fourth-order valence-corrected chi connectivity index (χ4v) is 2.31. The van der Waals surface area contributed by atoms with Crippen LogP contribution in [0, 0.1) is 0 Å². The number of aromatic nitrogens is 1. The van der Waals surface area contributed by atoms with Crippen molar-refractivity contribution < 1.29 is 9.53 Å². The molecule has 0 radical (unpaired) electrons. The number of amides is 1. The first-order valence-electron chi connectivity index (χ1n) is 6.51. The molecule has 1 aliphatic heterocycles. The summed E-state index contributed by atoms with van der Waals surface area (Å²) in [6.07, 6.45) is 1.63. The van der Waals surface area contributed by atoms with Gasteiger partial charge in [0.2, 0.25) is 5.91 Å². The Hall–Kier alpha value is -1.37. The van der Waals surface area contributed by atoms with Gasteiger partial charge in [-0.15, -0.1) is 0 Å². The van der Waals surface area contributed by atoms with E-state index in [1.54, 1.807) is 11.1 Å². The Morgan fingerprint density at radius 2 is 2.15 bits per heavy atom. The molecule has 0 aromatic carbocycles. The molecule has 0 spiro atoms. The molecule has 2 rings (SSSR count). The van der Waals surface area contributed by atoms with Crippen LogP contribution in [0.25, 0.3) is 0 Å². The van der Waals surface area contributed by atoms with Gasteiger partial charge in [-0.2, -0.15) is 0 Å². The lowest BCUT2D eigenvalue weighted by Crippen LogP contribution is -2.54. The topological polar surface area (TPSA) is 71.7 Å². The van der Waals surface area contributed by atoms with Crippen LogP contribution in [0.3, 0.4) is 0 Å². The number of nitrogens with zero attached hydrogens (tertiary/aromatic N) is 3. The number of carbonyl (C=O) groups is 1. The molecule has 1 amide bonds. The summed E-state index contributed by atoms with van der Waals surface area (Å²) < 4.78 is 4.91. The second-order valence-electron chi connectivity index (χ2n) is 4.71. The van der Waals surface area contributed by atoms with E-state index in [9.17, 15) is 4.79 Å². The summed E-state index contributed by atoms with van der Waals surface area (Å²) in [7, 11) is 1.54. The number of piperazine rings is 1. The SMILES string of the molecule is COCC(N)C(=O)N1CCN(c2ccc(Cl)cn2)CC1. The quantitative estimate of drug-likeness (QED) is 0.869. The van der Waals surface area contributed by atoms with Crippen molar-refractivity contribution in [3.05, 3.63) is 23.4 Å². The van der Waals surface area contributed by atoms with Gasteiger partial charge in [-0.25, -0.2) is 4.98 Å². The molecular weight excluding hydrogens is 280 g/mol. The molecule has 1 unspecified atom stereocenters. The first-order valence-corrected chi connectivity index (χ1v) is 6.89. The lowest BCUT2D eigenvalue weighted by molar-refractivity contribution is -0.134. The minimum absolute atomic E-state index is 0.0597. The van der Waals surface area contributed by atoms with Crippen molar-refractivity contribution in [2.45, 2.75) is 6.04 Å². The Morgan fingerprint density at radius 3 is 2.70 bits per heavy atom. The van der Waals surface area contributed by atoms with E-state index in [2.05, 4.69) is 9.88 Å². The predicted octanol–water partition coefficient (Wildman–Crippen LogP) is 0.357. The van der Waals surface area contributed by atoms with Gasteiger partial charge < -0.3 is 20.3 Å². The van der Waals surface area contributed by atoms with Crippen LogP contribution in [-0.4, -0.2) is 61.7 Å². The van der Waals surface area contributed by atoms with Gasteiger partial charge in [0.05, 0.1) is 11.6 Å². The minimum atomic E-state index is -0.583. The number of ether oxygens (including phenoxy) is 1. The second kappa shape index (κ2) is 6.88. The van der Waals surface area contributed by atoms with Gasteiger partial charge in [-0.05, 0) is 12.1 Å². The summed E-state index contributed by atoms with van der Waals surface area (Å²) in [6, 6.07) is 3.12. The molecular formula is C13H19ClN4O2. The number of hydrogen-bond donors (Lipinski definition) is 1. The summed E-state index contributed by atoms with van der Waals surface area (Å²) in [5.41, 5.74) is 5.76. The highest BCUT2D eigenvalue weighted by atomic mass is 35.5. The van der Waals surface area contributed by atoms with Crippen molar-refractivity contribution in [3.63, 3.8) is 0 Å². The van der Waals surface area contributed by atoms with Crippen molar-refractivity contribution in [3.8, 4) is 0 Å². The first-order chi connectivity index (χ1) is 9.61. The maximum absolute atomic E-state index is 12.0. The van der Waals surface area contributed by atoms with Gasteiger partial charge in [-0.3, -0.25) is 4.79 Å². The van der Waals surface area contributed by atoms with Crippen molar-refractivity contribution >= 4 is 23.3 Å². The zero-order valence-electron chi connectivity index (χ0n) is 11.5. The zero-order chi connectivity index (χ0) is 14.5. The normalized spacial score (nSPS) is 17.1. The zero-order valence-corrected chi connectivity index (χ0v) is 12.2. The first kappa shape index (κ1) is 15.0. The molecule has 110 valence electrons. The number of carbonyl (C=O) groups excluding carboxylic acids is 1. The molecule has 0 bridgehead atoms. The van der Waals surface area contributed by atoms with Crippen molar-refractivity contribution in [2.24, 2.45) is 5.73 Å². The number of hydrogen-bond acceptors (Lipinski definition) is 5. The molecule has 0 aliphatic carbocycles. The Balaban J connectivity index is 1.89. The van der Waals surface area contributed by atoms with Crippen LogP contribution in [0.2, 0.25) is 5.02 Å². The van der Waals surface area contributed by atoms with E-state index in [1.165, 1.54) is 7.11 Å². The van der Waals surface area contributed by atoms with Crippen molar-refractivity contribution in [1.82, 2.24) is 9.88 Å². The Labute approximate surface area is 123 Å². The molecule has 2 heterocycles. The number of rotatable bonds is 4. The maximum atomic E-state index is 12.0. The van der Waals surface area contributed by atoms with E-state index in [-0.39, 0.29) is 12.5 Å². The Morgan fingerprint density at radius 1 is 1.45 bits per heavy atom. The van der Waals surface area contributed by atoms with Crippen LogP contribution in [0.5, 0.6) is 0 Å². The van der Waals surface area contributed by atoms with Gasteiger partial charge in [0.15, 0.2) is 0 Å². The number of methoxy groups -OCH3 is 1. The molecule has 1 fully saturated rings. The molecule has 20 heavy (non-hydrogen) atoms. The molecule has 2 N–H and O–H groups in total. The van der Waals surface area contributed by atoms with Gasteiger partial charge in [0.1, 0.15) is 11.9 Å². The molecule has 1 atom stereocenters. The van der Waals surface area contributed by atoms with Crippen molar-refractivity contribution in [1.29, 1.82) is 0 Å². The van der Waals surface area contributed by atoms with Crippen LogP contribution < -0.4 is 10.6 Å². The number of halogens is 1. The maximum Gasteiger partial charge on any atom is 0.241 e. The third-order valence-electron chi connectivity index (χ3n) is 3.29. The molecule has 1 aromatic rings. The highest BCUT2D eigenvalue weighted by molar-refractivity contribution is 6.30. The lowest BCUT2D eigenvalue weighted by Gasteiger charge is -2.36. The molecule has 0 saturated carbocycles. The minimum Gasteiger partial charge on any atom is -0.383 e. The fraction of sp³-hybridized carbons (Fsp3) is 0.538. The summed E-state index contributed by atoms with van der Waals surface area (Å²) in [6.45, 7) is 3.00. The lowest BCUT2D eigenvalue weighted by atomic mass is 10.2. The average Bonchev–Trinajstić information content (AvgIpc) is 2.48. The summed E-state index contributed by atoms with van der Waals surface area (Å²) in [5, 5.41) is 0.619. The number of anilines is 1. The molecule has 7 heteroatoms. The number of pyridine rings is 1. The number of nitrogens with two attached hydrogens (primary N) is 1. The molecule has 6 nitrogen and oxygen atoms in total. The standard InChI is InChI=1S/C13H19ClN4O2/c1-20-9-11(15)13(19)18-6-4-17(5-7-18)12-3-2-10(14)8-16-12/h2-3,8,11H,4-7,9,15H2,1H3. The van der Waals surface area contributed by atoms with Gasteiger partial charge in [0, 0.05) is 39.5 Å². The van der Waals surface area contributed by atoms with Crippen molar-refractivity contribution in [2.75, 3.05) is 44.8 Å². The van der Waals surface area contributed by atoms with Gasteiger partial charge in [-0.1, -0.05) is 11.6 Å². The van der Waals surface area contributed by atoms with Crippen LogP contribution in [0.1, 0.15) is 0 Å². The van der Waals surface area contributed by atoms with Crippen LogP contribution in [0.4, 0.5) is 5.82 Å². The third kappa shape index (κ3) is 3.59. The van der Waals surface area contributed by atoms with Crippen LogP contribution in [0.15, 0.2) is 18.3 Å². The van der Waals surface area contributed by atoms with E-state index in [1.807, 2.05) is 12.1 Å². The van der Waals surface area contributed by atoms with Gasteiger partial charge >= 0.3 is 0 Å². The molecule has 1 aromatic heterocycles. The Bertz CT molecular complexity index is 446. The van der Waals surface area contributed by atoms with Gasteiger partial charge in [0.25, 0.3) is 0 Å². The van der Waals surface area contributed by atoms with E-state index in [0.717, 1.165) is 18.9 Å². The van der Waals surface area contributed by atoms with E-state index >= 15 is 0 Å². The smallest absolute Gasteiger partial charge is 0.241 e. The van der Waals surface area contributed by atoms with Crippen LogP contribution >= 0.6 is 11.6 Å². The summed E-state index contributed by atoms with van der Waals surface area (Å²) in [4.78, 5) is 20.2. The second-order valence-corrected chi connectivity index (χ2v) is 5.15. The summed E-state index contributed by atoms with van der Waals surface area (Å²) >= 11 is 5.82. The monoisotopic (exact) mass is 298 g/mol. The largest absolute Gasteiger partial charge is 0.383 e. The van der Waals surface area contributed by atoms with E-state index < -0.39 is 6.04 Å². The Kier molecular flexibility index (Phi) is 5.17. The summed E-state index contributed by atoms with van der Waals surface area (Å²) in [5.74, 6) is 0.818. The van der Waals surface area contributed by atoms with Crippen LogP contribution in [-0.2, 0) is 9.53 Å². The molecule has 1 aliphatic rings. The average molecular weight is 299 g/mol. The highest BCUT2D eigenvalue weighted by Crippen LogP contribution is 2.16. The molecule has 1 saturated heterocycles. The fourth-order valence-electron chi connectivity index (χ4n) is 2.20.